The van der Waals surface area contributed by atoms with Gasteiger partial charge in [-0.2, -0.15) is 0 Å². The van der Waals surface area contributed by atoms with Gasteiger partial charge in [-0.3, -0.25) is 4.79 Å². The number of likely N-dealkylation sites (tertiary alicyclic amines) is 1. The minimum absolute atomic E-state index is 0.116. The Labute approximate surface area is 113 Å². The van der Waals surface area contributed by atoms with Gasteiger partial charge in [-0.1, -0.05) is 13.8 Å². The Morgan fingerprint density at radius 2 is 2.05 bits per heavy atom. The second kappa shape index (κ2) is 5.19. The molecule has 0 aromatic heterocycles. The fourth-order valence-electron chi connectivity index (χ4n) is 2.85. The number of carbonyl (C=O) groups is 1. The SMILES string of the molecule is CCC1(CC)CCN(C(=O)c2cc(N)cc(F)c2)C1. The topological polar surface area (TPSA) is 46.3 Å². The van der Waals surface area contributed by atoms with Crippen molar-refractivity contribution in [2.75, 3.05) is 18.8 Å². The van der Waals surface area contributed by atoms with Crippen LogP contribution in [-0.4, -0.2) is 23.9 Å². The summed E-state index contributed by atoms with van der Waals surface area (Å²) in [6.07, 6.45) is 3.16. The van der Waals surface area contributed by atoms with E-state index in [4.69, 9.17) is 5.73 Å². The van der Waals surface area contributed by atoms with E-state index < -0.39 is 5.82 Å². The lowest BCUT2D eigenvalue weighted by Crippen LogP contribution is -2.31. The Bertz CT molecular complexity index is 463. The lowest BCUT2D eigenvalue weighted by molar-refractivity contribution is 0.0769. The van der Waals surface area contributed by atoms with Crippen LogP contribution in [-0.2, 0) is 0 Å². The molecule has 1 aliphatic rings. The molecule has 1 amide bonds. The van der Waals surface area contributed by atoms with Crippen LogP contribution in [0.1, 0.15) is 43.5 Å². The first-order valence-electron chi connectivity index (χ1n) is 6.85. The summed E-state index contributed by atoms with van der Waals surface area (Å²) in [7, 11) is 0. The minimum atomic E-state index is -0.459. The lowest BCUT2D eigenvalue weighted by Gasteiger charge is -2.26. The quantitative estimate of drug-likeness (QED) is 0.853. The Kier molecular flexibility index (Phi) is 3.78. The molecule has 19 heavy (non-hydrogen) atoms. The highest BCUT2D eigenvalue weighted by molar-refractivity contribution is 5.95. The zero-order chi connectivity index (χ0) is 14.0. The largest absolute Gasteiger partial charge is 0.399 e. The van der Waals surface area contributed by atoms with Gasteiger partial charge < -0.3 is 10.6 Å². The number of benzene rings is 1. The summed E-state index contributed by atoms with van der Waals surface area (Å²) in [5.41, 5.74) is 6.46. The van der Waals surface area contributed by atoms with Gasteiger partial charge in [0.1, 0.15) is 5.82 Å². The van der Waals surface area contributed by atoms with Gasteiger partial charge in [0.05, 0.1) is 0 Å². The summed E-state index contributed by atoms with van der Waals surface area (Å²) in [6, 6.07) is 4.03. The Hall–Kier alpha value is -1.58. The fraction of sp³-hybridized carbons (Fsp3) is 0.533. The standard InChI is InChI=1S/C15H21FN2O/c1-3-15(4-2)5-6-18(10-15)14(19)11-7-12(16)9-13(17)8-11/h7-9H,3-6,10,17H2,1-2H3. The molecular formula is C15H21FN2O. The third-order valence-electron chi connectivity index (χ3n) is 4.39. The number of amides is 1. The molecule has 3 nitrogen and oxygen atoms in total. The predicted molar refractivity (Wildman–Crippen MR) is 74.3 cm³/mol. The van der Waals surface area contributed by atoms with Crippen LogP contribution in [0.5, 0.6) is 0 Å². The van der Waals surface area contributed by atoms with Crippen LogP contribution in [0.25, 0.3) is 0 Å². The molecule has 2 N–H and O–H groups in total. The molecule has 0 spiro atoms. The van der Waals surface area contributed by atoms with Crippen molar-refractivity contribution in [2.24, 2.45) is 5.41 Å². The van der Waals surface area contributed by atoms with E-state index in [2.05, 4.69) is 13.8 Å². The highest BCUT2D eigenvalue weighted by Crippen LogP contribution is 2.37. The van der Waals surface area contributed by atoms with Gasteiger partial charge in [-0.25, -0.2) is 4.39 Å². The maximum absolute atomic E-state index is 13.3. The smallest absolute Gasteiger partial charge is 0.254 e. The van der Waals surface area contributed by atoms with Crippen LogP contribution >= 0.6 is 0 Å². The number of rotatable bonds is 3. The van der Waals surface area contributed by atoms with Crippen molar-refractivity contribution in [3.05, 3.63) is 29.6 Å². The Morgan fingerprint density at radius 1 is 1.37 bits per heavy atom. The normalized spacial score (nSPS) is 17.7. The van der Waals surface area contributed by atoms with Crippen molar-refractivity contribution in [1.29, 1.82) is 0 Å². The molecular weight excluding hydrogens is 243 g/mol. The molecule has 0 bridgehead atoms. The molecule has 0 saturated carbocycles. The van der Waals surface area contributed by atoms with E-state index in [1.165, 1.54) is 12.1 Å². The Morgan fingerprint density at radius 3 is 2.58 bits per heavy atom. The van der Waals surface area contributed by atoms with E-state index in [1.807, 2.05) is 4.90 Å². The van der Waals surface area contributed by atoms with E-state index in [1.54, 1.807) is 6.07 Å². The molecule has 1 aromatic carbocycles. The van der Waals surface area contributed by atoms with Gasteiger partial charge in [0, 0.05) is 24.3 Å². The summed E-state index contributed by atoms with van der Waals surface area (Å²) in [5.74, 6) is -0.574. The lowest BCUT2D eigenvalue weighted by atomic mass is 9.82. The van der Waals surface area contributed by atoms with Crippen molar-refractivity contribution in [2.45, 2.75) is 33.1 Å². The average molecular weight is 264 g/mol. The van der Waals surface area contributed by atoms with E-state index in [-0.39, 0.29) is 11.3 Å². The zero-order valence-electron chi connectivity index (χ0n) is 11.6. The van der Waals surface area contributed by atoms with Gasteiger partial charge in [-0.05, 0) is 42.9 Å². The molecule has 0 aliphatic carbocycles. The summed E-state index contributed by atoms with van der Waals surface area (Å²) in [6.45, 7) is 5.83. The van der Waals surface area contributed by atoms with Crippen molar-refractivity contribution in [3.8, 4) is 0 Å². The molecule has 4 heteroatoms. The molecule has 1 aromatic rings. The van der Waals surface area contributed by atoms with Gasteiger partial charge in [-0.15, -0.1) is 0 Å². The summed E-state index contributed by atoms with van der Waals surface area (Å²) in [5, 5.41) is 0. The first-order chi connectivity index (χ1) is 8.99. The average Bonchev–Trinajstić information content (AvgIpc) is 2.82. The number of nitrogen functional groups attached to an aromatic ring is 1. The Balaban J connectivity index is 2.17. The van der Waals surface area contributed by atoms with E-state index >= 15 is 0 Å². The number of anilines is 1. The van der Waals surface area contributed by atoms with Gasteiger partial charge >= 0.3 is 0 Å². The van der Waals surface area contributed by atoms with Crippen molar-refractivity contribution in [1.82, 2.24) is 4.90 Å². The fourth-order valence-corrected chi connectivity index (χ4v) is 2.85. The molecule has 0 radical (unpaired) electrons. The van der Waals surface area contributed by atoms with Crippen LogP contribution in [0.4, 0.5) is 10.1 Å². The first kappa shape index (κ1) is 13.8. The first-order valence-corrected chi connectivity index (χ1v) is 6.85. The monoisotopic (exact) mass is 264 g/mol. The van der Waals surface area contributed by atoms with Gasteiger partial charge in [0.15, 0.2) is 0 Å². The van der Waals surface area contributed by atoms with Crippen LogP contribution < -0.4 is 5.73 Å². The van der Waals surface area contributed by atoms with Crippen LogP contribution in [0, 0.1) is 11.2 Å². The maximum atomic E-state index is 13.3. The maximum Gasteiger partial charge on any atom is 0.254 e. The highest BCUT2D eigenvalue weighted by atomic mass is 19.1. The van der Waals surface area contributed by atoms with Gasteiger partial charge in [0.25, 0.3) is 5.91 Å². The number of hydrogen-bond acceptors (Lipinski definition) is 2. The van der Waals surface area contributed by atoms with Crippen LogP contribution in [0.3, 0.4) is 0 Å². The van der Waals surface area contributed by atoms with Crippen molar-refractivity contribution >= 4 is 11.6 Å². The third-order valence-corrected chi connectivity index (χ3v) is 4.39. The molecule has 1 heterocycles. The highest BCUT2D eigenvalue weighted by Gasteiger charge is 2.37. The number of nitrogens with zero attached hydrogens (tertiary/aromatic N) is 1. The number of carbonyl (C=O) groups excluding carboxylic acids is 1. The molecule has 0 unspecified atom stereocenters. The third kappa shape index (κ3) is 2.72. The van der Waals surface area contributed by atoms with Crippen LogP contribution in [0.2, 0.25) is 0 Å². The second-order valence-electron chi connectivity index (χ2n) is 5.46. The second-order valence-corrected chi connectivity index (χ2v) is 5.46. The molecule has 1 saturated heterocycles. The van der Waals surface area contributed by atoms with Crippen molar-refractivity contribution in [3.63, 3.8) is 0 Å². The molecule has 0 atom stereocenters. The number of hydrogen-bond donors (Lipinski definition) is 1. The van der Waals surface area contributed by atoms with Crippen LogP contribution in [0.15, 0.2) is 18.2 Å². The van der Waals surface area contributed by atoms with E-state index in [9.17, 15) is 9.18 Å². The minimum Gasteiger partial charge on any atom is -0.399 e. The summed E-state index contributed by atoms with van der Waals surface area (Å²) < 4.78 is 13.3. The molecule has 2 rings (SSSR count). The number of halogens is 1. The molecule has 104 valence electrons. The van der Waals surface area contributed by atoms with Crippen molar-refractivity contribution < 1.29 is 9.18 Å². The van der Waals surface area contributed by atoms with Gasteiger partial charge in [0.2, 0.25) is 0 Å². The van der Waals surface area contributed by atoms with E-state index in [0.717, 1.165) is 32.4 Å². The van der Waals surface area contributed by atoms with E-state index in [0.29, 0.717) is 11.3 Å². The predicted octanol–water partition coefficient (Wildman–Crippen LogP) is 3.06. The zero-order valence-corrected chi connectivity index (χ0v) is 11.6. The summed E-state index contributed by atoms with van der Waals surface area (Å²) >= 11 is 0. The number of nitrogens with two attached hydrogens (primary N) is 1. The molecule has 1 fully saturated rings. The molecule has 1 aliphatic heterocycles. The summed E-state index contributed by atoms with van der Waals surface area (Å²) in [4.78, 5) is 14.2.